The normalized spacial score (nSPS) is 22.5. The summed E-state index contributed by atoms with van der Waals surface area (Å²) in [5.74, 6) is 0.0838. The van der Waals surface area contributed by atoms with E-state index in [4.69, 9.17) is 14.2 Å². The number of ether oxygens (including phenoxy) is 3. The molecule has 0 fully saturated rings. The highest BCUT2D eigenvalue weighted by Gasteiger charge is 2.38. The van der Waals surface area contributed by atoms with Crippen molar-refractivity contribution in [3.8, 4) is 0 Å². The summed E-state index contributed by atoms with van der Waals surface area (Å²) in [4.78, 5) is 0. The molecule has 2 rings (SSSR count). The van der Waals surface area contributed by atoms with Gasteiger partial charge in [-0.25, -0.2) is 0 Å². The van der Waals surface area contributed by atoms with Crippen LogP contribution in [0.4, 0.5) is 0 Å². The van der Waals surface area contributed by atoms with Crippen LogP contribution >= 0.6 is 0 Å². The van der Waals surface area contributed by atoms with Gasteiger partial charge in [-0.2, -0.15) is 0 Å². The number of unbranched alkanes of at least 4 members (excludes halogenated alkanes) is 11. The van der Waals surface area contributed by atoms with Crippen LogP contribution in [0, 0.1) is 5.92 Å². The number of hydrogen-bond acceptors (Lipinski definition) is 6. The van der Waals surface area contributed by atoms with Crippen LogP contribution in [0.2, 0.25) is 0 Å². The molecular weight excluding hydrogens is 562 g/mol. The third-order valence-electron chi connectivity index (χ3n) is 8.72. The van der Waals surface area contributed by atoms with Gasteiger partial charge in [-0.3, -0.25) is 0 Å². The lowest BCUT2D eigenvalue weighted by molar-refractivity contribution is -0.163. The maximum absolute atomic E-state index is 11.5. The zero-order valence-electron chi connectivity index (χ0n) is 29.9. The lowest BCUT2D eigenvalue weighted by Gasteiger charge is -2.40. The monoisotopic (exact) mass is 632 g/mol. The Labute approximate surface area is 276 Å². The molecule has 6 heteroatoms. The fourth-order valence-corrected chi connectivity index (χ4v) is 6.20. The van der Waals surface area contributed by atoms with Crippen molar-refractivity contribution in [1.29, 1.82) is 0 Å². The molecule has 6 nitrogen and oxygen atoms in total. The smallest absolute Gasteiger partial charge is 0.110 e. The molecule has 1 unspecified atom stereocenters. The van der Waals surface area contributed by atoms with Crippen LogP contribution in [0.25, 0.3) is 0 Å². The molecule has 0 saturated carbocycles. The highest BCUT2D eigenvalue weighted by atomic mass is 16.5. The minimum atomic E-state index is -0.783. The van der Waals surface area contributed by atoms with Gasteiger partial charge in [-0.05, 0) is 46.6 Å². The van der Waals surface area contributed by atoms with Crippen molar-refractivity contribution in [2.24, 2.45) is 5.92 Å². The number of nitrogens with one attached hydrogen (secondary N) is 1. The summed E-state index contributed by atoms with van der Waals surface area (Å²) in [6.45, 7) is 15.3. The molecule has 0 aromatic heterocycles. The van der Waals surface area contributed by atoms with Crippen molar-refractivity contribution in [2.45, 2.75) is 187 Å². The van der Waals surface area contributed by atoms with E-state index < -0.39 is 24.4 Å². The first kappa shape index (κ1) is 39.9. The van der Waals surface area contributed by atoms with E-state index in [1.54, 1.807) is 0 Å². The molecule has 0 bridgehead atoms. The van der Waals surface area contributed by atoms with E-state index in [1.165, 1.54) is 64.2 Å². The topological polar surface area (TPSA) is 80.2 Å². The summed E-state index contributed by atoms with van der Waals surface area (Å²) in [5, 5.41) is 26.4. The van der Waals surface area contributed by atoms with Gasteiger partial charge in [-0.1, -0.05) is 133 Å². The zero-order valence-corrected chi connectivity index (χ0v) is 29.9. The van der Waals surface area contributed by atoms with Gasteiger partial charge < -0.3 is 29.7 Å². The predicted molar refractivity (Wildman–Crippen MR) is 187 cm³/mol. The molecule has 0 aliphatic heterocycles. The lowest BCUT2D eigenvalue weighted by atomic mass is 9.89. The maximum Gasteiger partial charge on any atom is 0.110 e. The average molecular weight is 632 g/mol. The molecule has 0 radical (unpaired) electrons. The molecule has 1 aliphatic rings. The molecule has 1 aromatic carbocycles. The van der Waals surface area contributed by atoms with Gasteiger partial charge in [0.1, 0.15) is 18.3 Å². The first-order valence-corrected chi connectivity index (χ1v) is 18.3. The second-order valence-electron chi connectivity index (χ2n) is 14.6. The van der Waals surface area contributed by atoms with E-state index in [-0.39, 0.29) is 29.8 Å². The van der Waals surface area contributed by atoms with Crippen LogP contribution in [0.5, 0.6) is 0 Å². The fraction of sp³-hybridized carbons (Fsp3) is 0.795. The summed E-state index contributed by atoms with van der Waals surface area (Å²) in [6, 6.07) is 10.0. The minimum Gasteiger partial charge on any atom is -0.390 e. The standard InChI is InChI=1S/C39H69NO5/c1-8-9-10-11-12-13-14-15-16-17-18-22-25-34(41)38(44-30(2)3)33(40-28-32-23-20-19-21-24-32)29-43-35-27-26-31(4)37(36(35)42)45-39(5,6)7/h19-21,23-24,26-27,30-31,33-38,40-42H,8-18,22,25,28-29H2,1-7H3/t31-,33+,34-,35?,36-,37-,38+/m0/s1. The van der Waals surface area contributed by atoms with Gasteiger partial charge in [-0.15, -0.1) is 0 Å². The van der Waals surface area contributed by atoms with E-state index >= 15 is 0 Å². The molecule has 260 valence electrons. The second-order valence-corrected chi connectivity index (χ2v) is 14.6. The van der Waals surface area contributed by atoms with Crippen LogP contribution in [0.1, 0.15) is 138 Å². The number of benzene rings is 1. The average Bonchev–Trinajstić information content (AvgIpc) is 2.99. The summed E-state index contributed by atoms with van der Waals surface area (Å²) < 4.78 is 19.0. The van der Waals surface area contributed by atoms with Crippen LogP contribution < -0.4 is 5.32 Å². The molecule has 0 heterocycles. The molecule has 3 N–H and O–H groups in total. The van der Waals surface area contributed by atoms with Crippen molar-refractivity contribution in [1.82, 2.24) is 5.32 Å². The first-order chi connectivity index (χ1) is 21.5. The van der Waals surface area contributed by atoms with Crippen LogP contribution in [-0.2, 0) is 20.8 Å². The number of aliphatic hydroxyl groups is 2. The maximum atomic E-state index is 11.5. The highest BCUT2D eigenvalue weighted by molar-refractivity contribution is 5.14. The Hall–Kier alpha value is -1.28. The molecule has 0 saturated heterocycles. The number of hydrogen-bond donors (Lipinski definition) is 3. The molecule has 7 atom stereocenters. The Morgan fingerprint density at radius 2 is 1.42 bits per heavy atom. The van der Waals surface area contributed by atoms with Gasteiger partial charge in [0.05, 0.1) is 36.6 Å². The van der Waals surface area contributed by atoms with E-state index in [9.17, 15) is 10.2 Å². The van der Waals surface area contributed by atoms with E-state index in [0.29, 0.717) is 19.6 Å². The van der Waals surface area contributed by atoms with Crippen molar-refractivity contribution in [2.75, 3.05) is 6.61 Å². The summed E-state index contributed by atoms with van der Waals surface area (Å²) in [5.41, 5.74) is 0.787. The Kier molecular flexibility index (Phi) is 19.8. The van der Waals surface area contributed by atoms with Crippen molar-refractivity contribution >= 4 is 0 Å². The predicted octanol–water partition coefficient (Wildman–Crippen LogP) is 8.53. The Morgan fingerprint density at radius 3 is 1.98 bits per heavy atom. The van der Waals surface area contributed by atoms with Gasteiger partial charge in [0.2, 0.25) is 0 Å². The Bertz CT molecular complexity index is 885. The molecular formula is C39H69NO5. The van der Waals surface area contributed by atoms with Crippen LogP contribution in [-0.4, -0.2) is 65.1 Å². The van der Waals surface area contributed by atoms with Crippen molar-refractivity contribution < 1.29 is 24.4 Å². The van der Waals surface area contributed by atoms with Crippen molar-refractivity contribution in [3.05, 3.63) is 48.0 Å². The largest absolute Gasteiger partial charge is 0.390 e. The lowest BCUT2D eigenvalue weighted by Crippen LogP contribution is -2.53. The van der Waals surface area contributed by atoms with E-state index in [2.05, 4.69) is 37.4 Å². The SMILES string of the molecule is CCCCCCCCCCCCCC[C@H](O)[C@H](OC(C)C)[C@@H](COC1C=C[C@H](C)[C@H](OC(C)(C)C)[C@H]1O)NCc1ccccc1. The Morgan fingerprint density at radius 1 is 0.844 bits per heavy atom. The minimum absolute atomic E-state index is 0.0433. The number of aliphatic hydroxyl groups excluding tert-OH is 2. The molecule has 0 amide bonds. The highest BCUT2D eigenvalue weighted by Crippen LogP contribution is 2.28. The quantitative estimate of drug-likeness (QED) is 0.0784. The molecule has 0 spiro atoms. The summed E-state index contributed by atoms with van der Waals surface area (Å²) >= 11 is 0. The van der Waals surface area contributed by atoms with Gasteiger partial charge in [0, 0.05) is 12.5 Å². The zero-order chi connectivity index (χ0) is 33.1. The first-order valence-electron chi connectivity index (χ1n) is 18.3. The van der Waals surface area contributed by atoms with Gasteiger partial charge in [0.25, 0.3) is 0 Å². The summed E-state index contributed by atoms with van der Waals surface area (Å²) in [6.07, 6.45) is 17.5. The Balaban J connectivity index is 1.96. The van der Waals surface area contributed by atoms with E-state index in [0.717, 1.165) is 18.4 Å². The fourth-order valence-electron chi connectivity index (χ4n) is 6.20. The third kappa shape index (κ3) is 16.9. The third-order valence-corrected chi connectivity index (χ3v) is 8.72. The molecule has 1 aromatic rings. The molecule has 45 heavy (non-hydrogen) atoms. The van der Waals surface area contributed by atoms with Crippen LogP contribution in [0.15, 0.2) is 42.5 Å². The number of rotatable bonds is 24. The van der Waals surface area contributed by atoms with Crippen molar-refractivity contribution in [3.63, 3.8) is 0 Å². The van der Waals surface area contributed by atoms with Crippen LogP contribution in [0.3, 0.4) is 0 Å². The van der Waals surface area contributed by atoms with Gasteiger partial charge in [0.15, 0.2) is 0 Å². The molecule has 1 aliphatic carbocycles. The van der Waals surface area contributed by atoms with Gasteiger partial charge >= 0.3 is 0 Å². The van der Waals surface area contributed by atoms with E-state index in [1.807, 2.05) is 58.9 Å². The second kappa shape index (κ2) is 22.3. The summed E-state index contributed by atoms with van der Waals surface area (Å²) in [7, 11) is 0.